The van der Waals surface area contributed by atoms with E-state index in [0.29, 0.717) is 23.4 Å². The summed E-state index contributed by atoms with van der Waals surface area (Å²) in [5, 5.41) is 59.8. The number of halogens is 3. The number of hydrogen-bond acceptors (Lipinski definition) is 11. The molecule has 15 heteroatoms. The number of benzene rings is 1. The normalized spacial score (nSPS) is 25.7. The average molecular weight is 655 g/mol. The molecule has 0 spiro atoms. The highest BCUT2D eigenvalue weighted by Gasteiger charge is 2.63. The topological polar surface area (TPSA) is 183 Å². The van der Waals surface area contributed by atoms with Crippen molar-refractivity contribution in [2.75, 3.05) is 39.6 Å². The number of phenols is 1. The number of ketones is 2. The molecule has 5 atom stereocenters. The van der Waals surface area contributed by atoms with E-state index in [4.69, 9.17) is 0 Å². The molecule has 7 N–H and O–H groups in total. The van der Waals surface area contributed by atoms with Crippen molar-refractivity contribution in [3.8, 4) is 5.75 Å². The van der Waals surface area contributed by atoms with Gasteiger partial charge in [-0.05, 0) is 49.9 Å². The van der Waals surface area contributed by atoms with Gasteiger partial charge in [-0.25, -0.2) is 0 Å². The lowest BCUT2D eigenvalue weighted by atomic mass is 9.58. The van der Waals surface area contributed by atoms with E-state index in [9.17, 15) is 53.1 Å². The standard InChI is InChI=1S/C31H41F3N4O8/c1-29(2,3)12-35-11-14-10-17(37(4)5)15-8-13-9-16-21(38(6)7)24(41)20(27(44)36-28(45)31(32,33)34)26(43)30(16,46)25(42)18(13)23(40)19(15)22(14)39/h10,13,16,21,28,35,39,41-42,45-46H,8-9,11-12H2,1-7H3,(H,36,44)/t13-,16-,21-,28?,30-/m0/s1. The van der Waals surface area contributed by atoms with Crippen molar-refractivity contribution in [3.05, 3.63) is 45.4 Å². The van der Waals surface area contributed by atoms with Gasteiger partial charge >= 0.3 is 6.18 Å². The molecular formula is C31H41F3N4O8. The Hall–Kier alpha value is -3.66. The first kappa shape index (κ1) is 35.2. The summed E-state index contributed by atoms with van der Waals surface area (Å²) in [6, 6.07) is 0.386. The van der Waals surface area contributed by atoms with Crippen LogP contribution in [0.4, 0.5) is 18.9 Å². The molecule has 0 heterocycles. The minimum Gasteiger partial charge on any atom is -0.510 e. The number of fused-ring (bicyclic) bond motifs is 3. The molecular weight excluding hydrogens is 613 g/mol. The maximum Gasteiger partial charge on any atom is 0.433 e. The molecule has 46 heavy (non-hydrogen) atoms. The number of Topliss-reactive ketones (excluding diaryl/α,β-unsaturated/α-hetero) is 2. The zero-order valence-corrected chi connectivity index (χ0v) is 26.7. The first-order valence-corrected chi connectivity index (χ1v) is 14.7. The molecule has 1 aromatic carbocycles. The van der Waals surface area contributed by atoms with E-state index in [2.05, 4.69) is 5.32 Å². The lowest BCUT2D eigenvalue weighted by Gasteiger charge is -2.50. The fourth-order valence-electron chi connectivity index (χ4n) is 6.72. The maximum absolute atomic E-state index is 14.2. The minimum atomic E-state index is -5.32. The van der Waals surface area contributed by atoms with Crippen molar-refractivity contribution in [2.24, 2.45) is 17.3 Å². The summed E-state index contributed by atoms with van der Waals surface area (Å²) in [4.78, 5) is 43.9. The number of nitrogens with one attached hydrogen (secondary N) is 2. The molecule has 0 bridgehead atoms. The number of alkyl halides is 3. The zero-order valence-electron chi connectivity index (χ0n) is 26.7. The molecule has 1 unspecified atom stereocenters. The van der Waals surface area contributed by atoms with Gasteiger partial charge in [-0.3, -0.25) is 19.3 Å². The van der Waals surface area contributed by atoms with E-state index in [1.807, 2.05) is 20.8 Å². The molecule has 0 saturated carbocycles. The summed E-state index contributed by atoms with van der Waals surface area (Å²) in [5.74, 6) is -8.92. The second kappa shape index (κ2) is 11.9. The van der Waals surface area contributed by atoms with Crippen molar-refractivity contribution >= 4 is 23.2 Å². The SMILES string of the molecule is CN(C)c1cc(CNCC(C)(C)C)c(O)c2c1C[C@H]1C[C@H]3[C@H](N(C)C)C(O)=C(C(=O)NC(O)C(F)(F)F)C(=O)[C@@]3(O)C(O)=C1C2=O. The van der Waals surface area contributed by atoms with Gasteiger partial charge in [0.2, 0.25) is 12.0 Å². The Morgan fingerprint density at radius 1 is 1.11 bits per heavy atom. The van der Waals surface area contributed by atoms with Gasteiger partial charge < -0.3 is 41.1 Å². The fraction of sp³-hybridized carbons (Fsp3) is 0.581. The third-order valence-electron chi connectivity index (χ3n) is 8.79. The van der Waals surface area contributed by atoms with Crippen molar-refractivity contribution in [3.63, 3.8) is 0 Å². The molecule has 1 amide bonds. The largest absolute Gasteiger partial charge is 0.510 e. The van der Waals surface area contributed by atoms with Gasteiger partial charge in [-0.1, -0.05) is 20.8 Å². The van der Waals surface area contributed by atoms with E-state index < -0.39 is 70.4 Å². The quantitative estimate of drug-likeness (QED) is 0.168. The van der Waals surface area contributed by atoms with Gasteiger partial charge in [0, 0.05) is 49.9 Å². The van der Waals surface area contributed by atoms with Crippen LogP contribution in [0, 0.1) is 17.3 Å². The molecule has 0 aliphatic heterocycles. The van der Waals surface area contributed by atoms with Gasteiger partial charge in [0.1, 0.15) is 22.8 Å². The number of likely N-dealkylation sites (N-methyl/N-ethyl adjacent to an activating group) is 1. The monoisotopic (exact) mass is 654 g/mol. The van der Waals surface area contributed by atoms with E-state index in [0.717, 1.165) is 0 Å². The average Bonchev–Trinajstić information content (AvgIpc) is 2.90. The summed E-state index contributed by atoms with van der Waals surface area (Å²) >= 11 is 0. The second-order valence-corrected chi connectivity index (χ2v) is 13.8. The molecule has 0 fully saturated rings. The molecule has 0 radical (unpaired) electrons. The van der Waals surface area contributed by atoms with Crippen LogP contribution >= 0.6 is 0 Å². The van der Waals surface area contributed by atoms with Crippen molar-refractivity contribution in [1.82, 2.24) is 15.5 Å². The summed E-state index contributed by atoms with van der Waals surface area (Å²) in [7, 11) is 6.37. The number of anilines is 1. The van der Waals surface area contributed by atoms with E-state index in [1.54, 1.807) is 25.1 Å². The molecule has 0 saturated heterocycles. The van der Waals surface area contributed by atoms with Crippen molar-refractivity contribution in [2.45, 2.75) is 64.2 Å². The number of aliphatic hydroxyl groups is 4. The van der Waals surface area contributed by atoms with Crippen molar-refractivity contribution < 1.29 is 53.1 Å². The highest BCUT2D eigenvalue weighted by Crippen LogP contribution is 2.53. The first-order chi connectivity index (χ1) is 21.0. The van der Waals surface area contributed by atoms with Gasteiger partial charge in [0.15, 0.2) is 11.4 Å². The lowest BCUT2D eigenvalue weighted by Crippen LogP contribution is -2.64. The predicted molar refractivity (Wildman–Crippen MR) is 160 cm³/mol. The van der Waals surface area contributed by atoms with Crippen LogP contribution in [0.5, 0.6) is 5.75 Å². The van der Waals surface area contributed by atoms with Crippen molar-refractivity contribution in [1.29, 1.82) is 0 Å². The van der Waals surface area contributed by atoms with Crippen LogP contribution in [-0.4, -0.2) is 107 Å². The van der Waals surface area contributed by atoms with Gasteiger partial charge in [0.25, 0.3) is 5.91 Å². The molecule has 3 aliphatic rings. The van der Waals surface area contributed by atoms with Gasteiger partial charge in [-0.15, -0.1) is 0 Å². The third-order valence-corrected chi connectivity index (χ3v) is 8.79. The Morgan fingerprint density at radius 2 is 1.72 bits per heavy atom. The molecule has 0 aromatic heterocycles. The Morgan fingerprint density at radius 3 is 2.24 bits per heavy atom. The number of rotatable bonds is 7. The minimum absolute atomic E-state index is 0.0810. The Kier molecular flexibility index (Phi) is 9.07. The number of aromatic hydroxyl groups is 1. The fourth-order valence-corrected chi connectivity index (χ4v) is 6.72. The number of nitrogens with zero attached hydrogens (tertiary/aromatic N) is 2. The number of aliphatic hydroxyl groups excluding tert-OH is 3. The maximum atomic E-state index is 14.2. The lowest BCUT2D eigenvalue weighted by molar-refractivity contribution is -0.213. The molecule has 4 rings (SSSR count). The predicted octanol–water partition coefficient (Wildman–Crippen LogP) is 1.83. The van der Waals surface area contributed by atoms with Crippen LogP contribution in [0.2, 0.25) is 0 Å². The van der Waals surface area contributed by atoms with E-state index in [1.165, 1.54) is 24.3 Å². The molecule has 254 valence electrons. The van der Waals surface area contributed by atoms with Crippen LogP contribution in [0.3, 0.4) is 0 Å². The molecule has 12 nitrogen and oxygen atoms in total. The van der Waals surface area contributed by atoms with Crippen LogP contribution in [-0.2, 0) is 22.6 Å². The van der Waals surface area contributed by atoms with Crippen LogP contribution in [0.15, 0.2) is 28.7 Å². The summed E-state index contributed by atoms with van der Waals surface area (Å²) in [6.45, 7) is 6.85. The third kappa shape index (κ3) is 5.85. The number of allylic oxidation sites excluding steroid dienone is 1. The van der Waals surface area contributed by atoms with Crippen LogP contribution in [0.1, 0.15) is 48.7 Å². The molecule has 1 aromatic rings. The molecule has 3 aliphatic carbocycles. The Balaban J connectivity index is 1.86. The van der Waals surface area contributed by atoms with E-state index in [-0.39, 0.29) is 41.7 Å². The Labute approximate surface area is 264 Å². The number of phenolic OH excluding ortho intramolecular Hbond substituents is 1. The summed E-state index contributed by atoms with van der Waals surface area (Å²) in [6.07, 6.45) is -8.79. The second-order valence-electron chi connectivity index (χ2n) is 13.8. The first-order valence-electron chi connectivity index (χ1n) is 14.7. The number of carbonyl (C=O) groups is 3. The van der Waals surface area contributed by atoms with Crippen LogP contribution in [0.25, 0.3) is 0 Å². The smallest absolute Gasteiger partial charge is 0.433 e. The van der Waals surface area contributed by atoms with Crippen LogP contribution < -0.4 is 15.5 Å². The number of amides is 1. The van der Waals surface area contributed by atoms with Gasteiger partial charge in [-0.2, -0.15) is 13.2 Å². The Bertz CT molecular complexity index is 1530. The highest BCUT2D eigenvalue weighted by molar-refractivity contribution is 6.25. The highest BCUT2D eigenvalue weighted by atomic mass is 19.4. The van der Waals surface area contributed by atoms with Gasteiger partial charge in [0.05, 0.1) is 11.6 Å². The zero-order chi connectivity index (χ0) is 34.8. The van der Waals surface area contributed by atoms with E-state index >= 15 is 0 Å². The number of carbonyl (C=O) groups excluding carboxylic acids is 3. The summed E-state index contributed by atoms with van der Waals surface area (Å²) in [5.41, 5.74) is -3.42. The summed E-state index contributed by atoms with van der Waals surface area (Å²) < 4.78 is 39.0. The number of hydrogen-bond donors (Lipinski definition) is 7.